The van der Waals surface area contributed by atoms with Crippen LogP contribution in [0.4, 0.5) is 0 Å². The highest BCUT2D eigenvalue weighted by atomic mass is 16.4. The molecule has 61 heavy (non-hydrogen) atoms. The third-order valence-corrected chi connectivity index (χ3v) is 9.04. The van der Waals surface area contributed by atoms with Gasteiger partial charge in [-0.2, -0.15) is 0 Å². The van der Waals surface area contributed by atoms with Gasteiger partial charge >= 0.3 is 11.9 Å². The topological polar surface area (TPSA) is 399 Å². The van der Waals surface area contributed by atoms with Gasteiger partial charge in [0.1, 0.15) is 36.0 Å². The van der Waals surface area contributed by atoms with Gasteiger partial charge in [0, 0.05) is 38.1 Å². The summed E-state index contributed by atoms with van der Waals surface area (Å²) < 4.78 is 0. The fourth-order valence-electron chi connectivity index (χ4n) is 5.71. The molecule has 3 rings (SSSR count). The van der Waals surface area contributed by atoms with E-state index in [0.29, 0.717) is 31.4 Å². The average Bonchev–Trinajstić information content (AvgIpc) is 3.95. The minimum atomic E-state index is -1.73. The molecule has 0 bridgehead atoms. The van der Waals surface area contributed by atoms with Gasteiger partial charge in [0.15, 0.2) is 0 Å². The third-order valence-electron chi connectivity index (χ3n) is 9.04. The Balaban J connectivity index is 1.78. The molecular weight excluding hydrogens is 804 g/mol. The van der Waals surface area contributed by atoms with Crippen molar-refractivity contribution in [3.8, 4) is 5.75 Å². The molecule has 0 fully saturated rings. The number of phenols is 1. The largest absolute Gasteiger partial charge is 0.508 e. The Bertz CT molecular complexity index is 1910. The molecule has 0 unspecified atom stereocenters. The Hall–Kier alpha value is -6.92. The first-order valence-corrected chi connectivity index (χ1v) is 19.1. The van der Waals surface area contributed by atoms with Crippen molar-refractivity contribution in [3.05, 3.63) is 66.3 Å². The molecule has 3 aromatic rings. The first-order valence-electron chi connectivity index (χ1n) is 19.1. The van der Waals surface area contributed by atoms with Gasteiger partial charge in [-0.05, 0) is 43.5 Å². The van der Waals surface area contributed by atoms with Crippen LogP contribution in [0.25, 0.3) is 0 Å². The van der Waals surface area contributed by atoms with E-state index in [1.54, 1.807) is 0 Å². The lowest BCUT2D eigenvalue weighted by Crippen LogP contribution is -2.59. The number of rotatable bonds is 27. The smallest absolute Gasteiger partial charge is 0.328 e. The number of carboxylic acids is 2. The molecule has 16 N–H and O–H groups in total. The van der Waals surface area contributed by atoms with Gasteiger partial charge in [-0.25, -0.2) is 14.8 Å². The number of nitrogens with two attached hydrogens (primary N) is 2. The predicted octanol–water partition coefficient (Wildman–Crippen LogP) is -4.20. The standard InChI is InChI=1S/C37H52N12O12/c38-10-2-1-3-24(39)32(55)47-26(11-20-4-6-23(51)7-5-20)33(56)42-16-30(52)45-27(12-21-14-40-18-43-21)35(58)46-25(8-9-31(53)54)34(57)48-28(13-22-15-41-19-44-22)36(59)49-29(17-50)37(60)61/h4-7,14-15,18-19,24-29,50-51H,1-3,8-13,16-17,38-39H2,(H,40,43)(H,41,44)(H,42,56)(H,45,52)(H,46,58)(H,47,55)(H,48,57)(H,49,59)(H,53,54)(H,60,61)/t24-,25-,26-,27-,28-,29-/m0/s1. The number of carbonyl (C=O) groups excluding carboxylic acids is 6. The number of carboxylic acid groups (broad SMARTS) is 2. The maximum absolute atomic E-state index is 13.8. The highest BCUT2D eigenvalue weighted by Gasteiger charge is 2.33. The molecule has 0 saturated heterocycles. The summed E-state index contributed by atoms with van der Waals surface area (Å²) in [6.07, 6.45) is 5.19. The summed E-state index contributed by atoms with van der Waals surface area (Å²) in [7, 11) is 0. The molecule has 24 nitrogen and oxygen atoms in total. The highest BCUT2D eigenvalue weighted by Crippen LogP contribution is 2.12. The number of hydrogen-bond acceptors (Lipinski definition) is 14. The van der Waals surface area contributed by atoms with Crippen LogP contribution >= 0.6 is 0 Å². The average molecular weight is 857 g/mol. The van der Waals surface area contributed by atoms with Crippen molar-refractivity contribution in [1.82, 2.24) is 51.8 Å². The zero-order valence-corrected chi connectivity index (χ0v) is 33.0. The second-order valence-corrected chi connectivity index (χ2v) is 13.8. The summed E-state index contributed by atoms with van der Waals surface area (Å²) >= 11 is 0. The first kappa shape index (κ1) is 48.4. The fraction of sp³-hybridized carbons (Fsp3) is 0.459. The number of aliphatic carboxylic acids is 2. The third kappa shape index (κ3) is 17.1. The second kappa shape index (κ2) is 24.9. The lowest BCUT2D eigenvalue weighted by Gasteiger charge is -2.25. The fourth-order valence-corrected chi connectivity index (χ4v) is 5.71. The van der Waals surface area contributed by atoms with Crippen molar-refractivity contribution < 1.29 is 58.8 Å². The number of aromatic nitrogens is 4. The van der Waals surface area contributed by atoms with Crippen molar-refractivity contribution in [2.75, 3.05) is 19.7 Å². The van der Waals surface area contributed by atoms with Crippen LogP contribution in [0.15, 0.2) is 49.3 Å². The van der Waals surface area contributed by atoms with Crippen molar-refractivity contribution >= 4 is 47.4 Å². The molecule has 6 amide bonds. The summed E-state index contributed by atoms with van der Waals surface area (Å²) in [6, 6.07) is -2.67. The van der Waals surface area contributed by atoms with Crippen LogP contribution in [0.5, 0.6) is 5.75 Å². The Morgan fingerprint density at radius 2 is 1.18 bits per heavy atom. The highest BCUT2D eigenvalue weighted by molar-refractivity contribution is 5.96. The molecule has 0 aliphatic rings. The number of nitrogens with zero attached hydrogens (tertiary/aromatic N) is 2. The van der Waals surface area contributed by atoms with E-state index in [4.69, 9.17) is 11.5 Å². The summed E-state index contributed by atoms with van der Waals surface area (Å²) in [5.74, 6) is -8.32. The van der Waals surface area contributed by atoms with E-state index < -0.39 is 110 Å². The SMILES string of the molecule is NCCCC[C@H](N)C(=O)N[C@@H](Cc1ccc(O)cc1)C(=O)NCC(=O)N[C@@H](Cc1c[nH]cn1)C(=O)N[C@@H](CCC(=O)O)C(=O)N[C@@H](Cc1c[nH]cn1)C(=O)N[C@@H](CO)C(=O)O. The summed E-state index contributed by atoms with van der Waals surface area (Å²) in [5.41, 5.74) is 12.7. The van der Waals surface area contributed by atoms with Crippen molar-refractivity contribution in [1.29, 1.82) is 0 Å². The molecule has 24 heteroatoms. The Morgan fingerprint density at radius 1 is 0.656 bits per heavy atom. The van der Waals surface area contributed by atoms with Gasteiger partial charge in [-0.1, -0.05) is 18.6 Å². The molecule has 0 aliphatic carbocycles. The summed E-state index contributed by atoms with van der Waals surface area (Å²) in [4.78, 5) is 117. The number of aromatic hydroxyl groups is 1. The molecule has 2 heterocycles. The van der Waals surface area contributed by atoms with Gasteiger partial charge in [0.25, 0.3) is 0 Å². The van der Waals surface area contributed by atoms with Gasteiger partial charge < -0.3 is 73.8 Å². The van der Waals surface area contributed by atoms with E-state index in [-0.39, 0.29) is 36.4 Å². The lowest BCUT2D eigenvalue weighted by molar-refractivity contribution is -0.143. The van der Waals surface area contributed by atoms with Crippen LogP contribution in [0.1, 0.15) is 49.1 Å². The van der Waals surface area contributed by atoms with Gasteiger partial charge in [-0.3, -0.25) is 33.6 Å². The zero-order chi connectivity index (χ0) is 44.9. The number of imidazole rings is 2. The van der Waals surface area contributed by atoms with Crippen LogP contribution in [-0.4, -0.2) is 144 Å². The van der Waals surface area contributed by atoms with Gasteiger partial charge in [0.05, 0.1) is 43.2 Å². The Labute approximate surface area is 348 Å². The molecule has 2 aromatic heterocycles. The molecule has 0 aliphatic heterocycles. The van der Waals surface area contributed by atoms with Crippen molar-refractivity contribution in [3.63, 3.8) is 0 Å². The van der Waals surface area contributed by atoms with Gasteiger partial charge in [-0.15, -0.1) is 0 Å². The number of aliphatic hydroxyl groups excluding tert-OH is 1. The quantitative estimate of drug-likeness (QED) is 0.0323. The molecule has 1 aromatic carbocycles. The van der Waals surface area contributed by atoms with E-state index in [1.165, 1.54) is 49.3 Å². The monoisotopic (exact) mass is 856 g/mol. The lowest BCUT2D eigenvalue weighted by atomic mass is 10.0. The number of unbranched alkanes of at least 4 members (excludes halogenated alkanes) is 1. The first-order chi connectivity index (χ1) is 29.1. The number of hydrogen-bond donors (Lipinski definition) is 14. The maximum Gasteiger partial charge on any atom is 0.328 e. The van der Waals surface area contributed by atoms with Crippen molar-refractivity contribution in [2.24, 2.45) is 11.5 Å². The van der Waals surface area contributed by atoms with Crippen LogP contribution < -0.4 is 43.4 Å². The maximum atomic E-state index is 13.8. The summed E-state index contributed by atoms with van der Waals surface area (Å²) in [6.45, 7) is -1.27. The number of phenolic OH excluding ortho intramolecular Hbond substituents is 1. The molecule has 6 atom stereocenters. The number of amides is 6. The van der Waals surface area contributed by atoms with Crippen LogP contribution in [0, 0.1) is 0 Å². The Kier molecular flexibility index (Phi) is 19.8. The number of benzene rings is 1. The number of H-pyrrole nitrogens is 2. The minimum absolute atomic E-state index is 0.0265. The summed E-state index contributed by atoms with van der Waals surface area (Å²) in [5, 5.41) is 52.2. The molecule has 332 valence electrons. The van der Waals surface area contributed by atoms with Crippen LogP contribution in [0.2, 0.25) is 0 Å². The van der Waals surface area contributed by atoms with E-state index in [2.05, 4.69) is 51.8 Å². The molecule has 0 spiro atoms. The van der Waals surface area contributed by atoms with E-state index in [1.807, 2.05) is 0 Å². The van der Waals surface area contributed by atoms with E-state index in [0.717, 1.165) is 0 Å². The minimum Gasteiger partial charge on any atom is -0.508 e. The Morgan fingerprint density at radius 3 is 1.70 bits per heavy atom. The number of aliphatic hydroxyl groups is 1. The second-order valence-electron chi connectivity index (χ2n) is 13.8. The molecular formula is C37H52N12O12. The van der Waals surface area contributed by atoms with Crippen LogP contribution in [-0.2, 0) is 57.6 Å². The number of carbonyl (C=O) groups is 8. The van der Waals surface area contributed by atoms with Crippen LogP contribution in [0.3, 0.4) is 0 Å². The number of nitrogens with one attached hydrogen (secondary N) is 8. The number of aromatic amines is 2. The zero-order valence-electron chi connectivity index (χ0n) is 33.0. The predicted molar refractivity (Wildman–Crippen MR) is 212 cm³/mol. The van der Waals surface area contributed by atoms with Crippen molar-refractivity contribution in [2.45, 2.75) is 87.6 Å². The van der Waals surface area contributed by atoms with E-state index >= 15 is 0 Å². The normalized spacial score (nSPS) is 13.9. The van der Waals surface area contributed by atoms with Gasteiger partial charge in [0.2, 0.25) is 35.4 Å². The van der Waals surface area contributed by atoms with E-state index in [9.17, 15) is 58.8 Å². The molecule has 0 saturated carbocycles. The molecule has 0 radical (unpaired) electrons.